The molecule has 5 rings (SSSR count). The maximum atomic E-state index is 10.7. The van der Waals surface area contributed by atoms with Gasteiger partial charge < -0.3 is 23.7 Å². The van der Waals surface area contributed by atoms with Crippen LogP contribution in [0, 0.1) is 0 Å². The number of ether oxygens (including phenoxy) is 1. The molecule has 2 aromatic heterocycles. The molecule has 7 nitrogen and oxygen atoms in total. The van der Waals surface area contributed by atoms with Crippen molar-refractivity contribution in [1.29, 1.82) is 0 Å². The number of aromatic nitrogens is 1. The maximum Gasteiger partial charge on any atom is 0.232 e. The lowest BCUT2D eigenvalue weighted by molar-refractivity contribution is 0.00248. The molecule has 0 bridgehead atoms. The van der Waals surface area contributed by atoms with Gasteiger partial charge in [-0.15, -0.1) is 0 Å². The highest BCUT2D eigenvalue weighted by Crippen LogP contribution is 2.36. The molecule has 176 valence electrons. The third kappa shape index (κ3) is 5.66. The minimum Gasteiger partial charge on any atom is -0.467 e. The predicted octanol–water partition coefficient (Wildman–Crippen LogP) is 4.47. The highest BCUT2D eigenvalue weighted by Gasteiger charge is 2.33. The maximum absolute atomic E-state index is 10.7. The van der Waals surface area contributed by atoms with E-state index in [-0.39, 0.29) is 6.61 Å². The van der Waals surface area contributed by atoms with E-state index in [0.29, 0.717) is 25.7 Å². The smallest absolute Gasteiger partial charge is 0.232 e. The molecule has 0 radical (unpaired) electrons. The minimum absolute atomic E-state index is 0.276. The number of aliphatic hydroxyl groups excluding tert-OH is 1. The van der Waals surface area contributed by atoms with Crippen molar-refractivity contribution in [3.8, 4) is 11.3 Å². The molecule has 7 heteroatoms. The Morgan fingerprint density at radius 1 is 1.09 bits per heavy atom. The molecule has 2 aliphatic rings. The van der Waals surface area contributed by atoms with Gasteiger partial charge in [0.15, 0.2) is 0 Å². The van der Waals surface area contributed by atoms with E-state index in [1.807, 2.05) is 30.3 Å². The summed E-state index contributed by atoms with van der Waals surface area (Å²) in [4.78, 5) is 4.71. The van der Waals surface area contributed by atoms with Crippen LogP contribution in [0.4, 0.5) is 5.88 Å². The van der Waals surface area contributed by atoms with Crippen molar-refractivity contribution in [3.05, 3.63) is 60.1 Å². The summed E-state index contributed by atoms with van der Waals surface area (Å²) < 4.78 is 16.9. The molecule has 1 aliphatic heterocycles. The molecule has 33 heavy (non-hydrogen) atoms. The van der Waals surface area contributed by atoms with Gasteiger partial charge >= 0.3 is 0 Å². The van der Waals surface area contributed by atoms with Crippen LogP contribution in [0.15, 0.2) is 57.7 Å². The van der Waals surface area contributed by atoms with E-state index >= 15 is 0 Å². The monoisotopic (exact) mass is 451 g/mol. The average molecular weight is 452 g/mol. The molecule has 0 amide bonds. The van der Waals surface area contributed by atoms with Crippen molar-refractivity contribution in [2.24, 2.45) is 0 Å². The lowest BCUT2D eigenvalue weighted by atomic mass is 10.1. The summed E-state index contributed by atoms with van der Waals surface area (Å²) in [6.45, 7) is 3.92. The third-order valence-electron chi connectivity index (χ3n) is 6.46. The molecule has 3 aromatic rings. The molecule has 1 unspecified atom stereocenters. The summed E-state index contributed by atoms with van der Waals surface area (Å²) in [5.74, 6) is 1.66. The molecule has 1 saturated heterocycles. The molecular weight excluding hydrogens is 418 g/mol. The summed E-state index contributed by atoms with van der Waals surface area (Å²) in [5, 5.41) is 15.2. The largest absolute Gasteiger partial charge is 0.467 e. The molecule has 1 saturated carbocycles. The Hall–Kier alpha value is -2.61. The number of piperidine rings is 1. The van der Waals surface area contributed by atoms with E-state index < -0.39 is 6.10 Å². The zero-order valence-electron chi connectivity index (χ0n) is 19.1. The molecule has 1 aromatic carbocycles. The van der Waals surface area contributed by atoms with Gasteiger partial charge in [-0.3, -0.25) is 4.90 Å². The van der Waals surface area contributed by atoms with E-state index in [1.54, 1.807) is 6.26 Å². The highest BCUT2D eigenvalue weighted by molar-refractivity contribution is 5.68. The number of aliphatic hydroxyl groups is 1. The zero-order chi connectivity index (χ0) is 22.5. The van der Waals surface area contributed by atoms with Crippen LogP contribution >= 0.6 is 0 Å². The van der Waals surface area contributed by atoms with Crippen molar-refractivity contribution in [3.63, 3.8) is 0 Å². The van der Waals surface area contributed by atoms with Crippen LogP contribution in [0.25, 0.3) is 11.3 Å². The molecule has 0 spiro atoms. The van der Waals surface area contributed by atoms with Gasteiger partial charge in [0.05, 0.1) is 24.5 Å². The van der Waals surface area contributed by atoms with Crippen LogP contribution in [0.2, 0.25) is 0 Å². The van der Waals surface area contributed by atoms with E-state index in [9.17, 15) is 5.11 Å². The molecular formula is C26H33N3O4. The van der Waals surface area contributed by atoms with Crippen LogP contribution in [-0.4, -0.2) is 53.6 Å². The lowest BCUT2D eigenvalue weighted by Crippen LogP contribution is -2.37. The van der Waals surface area contributed by atoms with E-state index in [1.165, 1.54) is 19.3 Å². The first-order valence-electron chi connectivity index (χ1n) is 12.1. The average Bonchev–Trinajstić information content (AvgIpc) is 3.41. The summed E-state index contributed by atoms with van der Waals surface area (Å²) in [6, 6.07) is 14.5. The van der Waals surface area contributed by atoms with Gasteiger partial charge in [-0.05, 0) is 44.2 Å². The molecule has 3 heterocycles. The Balaban J connectivity index is 1.31. The molecule has 2 fully saturated rings. The standard InChI is InChI=1S/C26H33N3O4/c30-22(18-31-19-23-10-7-15-32-23)16-29(21-11-12-21)17-24-25(20-8-3-1-4-9-20)27-33-26(24)28-13-5-2-6-14-28/h1,3-4,7-10,15,21-22,30H,2,5-6,11-14,16-19H2. The number of hydrogen-bond donors (Lipinski definition) is 1. The van der Waals surface area contributed by atoms with Gasteiger partial charge in [-0.1, -0.05) is 35.5 Å². The normalized spacial score (nSPS) is 17.6. The second kappa shape index (κ2) is 10.5. The van der Waals surface area contributed by atoms with E-state index in [0.717, 1.165) is 54.4 Å². The number of hydrogen-bond acceptors (Lipinski definition) is 7. The van der Waals surface area contributed by atoms with Crippen LogP contribution < -0.4 is 4.90 Å². The number of furan rings is 1. The van der Waals surface area contributed by atoms with Crippen molar-refractivity contribution in [1.82, 2.24) is 10.1 Å². The van der Waals surface area contributed by atoms with E-state index in [4.69, 9.17) is 13.7 Å². The first kappa shape index (κ1) is 22.2. The van der Waals surface area contributed by atoms with Crippen molar-refractivity contribution < 1.29 is 18.8 Å². The summed E-state index contributed by atoms with van der Waals surface area (Å²) in [7, 11) is 0. The fourth-order valence-electron chi connectivity index (χ4n) is 4.61. The fraction of sp³-hybridized carbons (Fsp3) is 0.500. The fourth-order valence-corrected chi connectivity index (χ4v) is 4.61. The summed E-state index contributed by atoms with van der Waals surface area (Å²) >= 11 is 0. The lowest BCUT2D eigenvalue weighted by Gasteiger charge is -2.29. The van der Waals surface area contributed by atoms with Crippen LogP contribution in [0.3, 0.4) is 0 Å². The Kier molecular flexibility index (Phi) is 7.09. The van der Waals surface area contributed by atoms with Gasteiger partial charge in [0.2, 0.25) is 5.88 Å². The topological polar surface area (TPSA) is 75.1 Å². The zero-order valence-corrected chi connectivity index (χ0v) is 19.1. The van der Waals surface area contributed by atoms with Gasteiger partial charge in [0.25, 0.3) is 0 Å². The van der Waals surface area contributed by atoms with Crippen molar-refractivity contribution in [2.75, 3.05) is 31.1 Å². The van der Waals surface area contributed by atoms with E-state index in [2.05, 4.69) is 27.1 Å². The quantitative estimate of drug-likeness (QED) is 0.461. The number of anilines is 1. The molecule has 1 N–H and O–H groups in total. The predicted molar refractivity (Wildman–Crippen MR) is 126 cm³/mol. The number of benzene rings is 1. The van der Waals surface area contributed by atoms with Crippen LogP contribution in [0.1, 0.15) is 43.4 Å². The number of nitrogens with zero attached hydrogens (tertiary/aromatic N) is 3. The second-order valence-electron chi connectivity index (χ2n) is 9.14. The van der Waals surface area contributed by atoms with Gasteiger partial charge in [-0.25, -0.2) is 0 Å². The number of rotatable bonds is 11. The Labute approximate surface area is 194 Å². The third-order valence-corrected chi connectivity index (χ3v) is 6.46. The summed E-state index contributed by atoms with van der Waals surface area (Å²) in [5.41, 5.74) is 3.10. The first-order valence-corrected chi connectivity index (χ1v) is 12.1. The van der Waals surface area contributed by atoms with Gasteiger partial charge in [0.1, 0.15) is 18.1 Å². The van der Waals surface area contributed by atoms with Crippen LogP contribution in [0.5, 0.6) is 0 Å². The minimum atomic E-state index is -0.570. The van der Waals surface area contributed by atoms with Crippen molar-refractivity contribution >= 4 is 5.88 Å². The van der Waals surface area contributed by atoms with Gasteiger partial charge in [-0.2, -0.15) is 0 Å². The Bertz CT molecular complexity index is 978. The summed E-state index contributed by atoms with van der Waals surface area (Å²) in [6.07, 6.45) is 7.00. The first-order chi connectivity index (χ1) is 16.3. The van der Waals surface area contributed by atoms with Crippen LogP contribution in [-0.2, 0) is 17.9 Å². The molecule has 1 aliphatic carbocycles. The van der Waals surface area contributed by atoms with Gasteiger partial charge in [0, 0.05) is 37.8 Å². The Morgan fingerprint density at radius 3 is 2.64 bits per heavy atom. The highest BCUT2D eigenvalue weighted by atomic mass is 16.5. The second-order valence-corrected chi connectivity index (χ2v) is 9.14. The van der Waals surface area contributed by atoms with Crippen molar-refractivity contribution in [2.45, 2.75) is 57.4 Å². The molecule has 1 atom stereocenters. The SMILES string of the molecule is OC(COCc1ccco1)CN(Cc1c(-c2ccccc2)noc1N1CCCCC1)C1CC1. The Morgan fingerprint density at radius 2 is 1.91 bits per heavy atom.